The molecule has 0 saturated heterocycles. The highest BCUT2D eigenvalue weighted by Gasteiger charge is 2.12. The summed E-state index contributed by atoms with van der Waals surface area (Å²) in [6.45, 7) is 2.61. The minimum Gasteiger partial charge on any atom is -0.494 e. The number of terminal acetylenes is 1. The van der Waals surface area contributed by atoms with E-state index in [0.29, 0.717) is 23.6 Å². The molecule has 2 amide bonds. The summed E-state index contributed by atoms with van der Waals surface area (Å²) in [5.74, 6) is 2.90. The van der Waals surface area contributed by atoms with Gasteiger partial charge in [0.2, 0.25) is 0 Å². The highest BCUT2D eigenvalue weighted by atomic mass is 16.5. The Labute approximate surface area is 158 Å². The summed E-state index contributed by atoms with van der Waals surface area (Å²) in [6, 6.07) is 13.7. The van der Waals surface area contributed by atoms with Crippen molar-refractivity contribution in [2.24, 2.45) is 0 Å². The summed E-state index contributed by atoms with van der Waals surface area (Å²) in [5.41, 5.74) is 0.725. The van der Waals surface area contributed by atoms with Crippen molar-refractivity contribution in [2.75, 3.05) is 25.1 Å². The Morgan fingerprint density at radius 3 is 2.37 bits per heavy atom. The standard InChI is InChI=1S/C21H22N2O4/c1-3-13-22-21(25)18-7-5-6-8-19(18)23-20(24)15-27-17-11-9-16(10-12-17)26-14-4-2/h1,5-12H,4,13-15H2,2H3,(H,22,25)(H,23,24). The molecule has 0 aliphatic heterocycles. The van der Waals surface area contributed by atoms with Crippen LogP contribution in [0.5, 0.6) is 11.5 Å². The Bertz CT molecular complexity index is 810. The van der Waals surface area contributed by atoms with E-state index in [1.165, 1.54) is 0 Å². The van der Waals surface area contributed by atoms with Crippen molar-refractivity contribution in [3.05, 3.63) is 54.1 Å². The predicted molar refractivity (Wildman–Crippen MR) is 104 cm³/mol. The normalized spacial score (nSPS) is 9.78. The molecular formula is C21H22N2O4. The van der Waals surface area contributed by atoms with Gasteiger partial charge in [0.15, 0.2) is 6.61 Å². The molecule has 0 aliphatic rings. The third-order valence-corrected chi connectivity index (χ3v) is 3.46. The molecule has 0 fully saturated rings. The third kappa shape index (κ3) is 6.40. The van der Waals surface area contributed by atoms with E-state index in [-0.39, 0.29) is 25.0 Å². The second-order valence-corrected chi connectivity index (χ2v) is 5.59. The first kappa shape index (κ1) is 19.9. The topological polar surface area (TPSA) is 76.7 Å². The average molecular weight is 366 g/mol. The minimum atomic E-state index is -0.376. The largest absolute Gasteiger partial charge is 0.494 e. The predicted octanol–water partition coefficient (Wildman–Crippen LogP) is 2.86. The summed E-state index contributed by atoms with van der Waals surface area (Å²) >= 11 is 0. The number of amides is 2. The Kier molecular flexibility index (Phi) is 7.73. The third-order valence-electron chi connectivity index (χ3n) is 3.46. The van der Waals surface area contributed by atoms with Crippen LogP contribution >= 0.6 is 0 Å². The van der Waals surface area contributed by atoms with E-state index in [1.54, 1.807) is 48.5 Å². The molecule has 0 spiro atoms. The Hall–Kier alpha value is -3.46. The van der Waals surface area contributed by atoms with Gasteiger partial charge in [-0.25, -0.2) is 0 Å². The maximum absolute atomic E-state index is 12.2. The van der Waals surface area contributed by atoms with E-state index in [9.17, 15) is 9.59 Å². The van der Waals surface area contributed by atoms with Gasteiger partial charge in [0, 0.05) is 0 Å². The van der Waals surface area contributed by atoms with Gasteiger partial charge in [-0.1, -0.05) is 25.0 Å². The maximum Gasteiger partial charge on any atom is 0.262 e. The van der Waals surface area contributed by atoms with Gasteiger partial charge in [0.1, 0.15) is 11.5 Å². The van der Waals surface area contributed by atoms with E-state index in [0.717, 1.165) is 12.2 Å². The van der Waals surface area contributed by atoms with Gasteiger partial charge in [0.05, 0.1) is 24.4 Å². The SMILES string of the molecule is C#CCNC(=O)c1ccccc1NC(=O)COc1ccc(OCCC)cc1. The number of carbonyl (C=O) groups is 2. The van der Waals surface area contributed by atoms with Crippen molar-refractivity contribution in [3.8, 4) is 23.8 Å². The molecule has 0 aliphatic carbocycles. The highest BCUT2D eigenvalue weighted by Crippen LogP contribution is 2.18. The Morgan fingerprint density at radius 2 is 1.70 bits per heavy atom. The van der Waals surface area contributed by atoms with Crippen LogP contribution in [0.3, 0.4) is 0 Å². The van der Waals surface area contributed by atoms with Crippen molar-refractivity contribution in [1.29, 1.82) is 0 Å². The summed E-state index contributed by atoms with van der Waals surface area (Å²) < 4.78 is 11.0. The second-order valence-electron chi connectivity index (χ2n) is 5.59. The number of nitrogens with one attached hydrogen (secondary N) is 2. The quantitative estimate of drug-likeness (QED) is 0.669. The average Bonchev–Trinajstić information content (AvgIpc) is 2.70. The zero-order valence-electron chi connectivity index (χ0n) is 15.2. The molecule has 140 valence electrons. The number of para-hydroxylation sites is 1. The number of carbonyl (C=O) groups excluding carboxylic acids is 2. The molecule has 0 atom stereocenters. The van der Waals surface area contributed by atoms with E-state index in [2.05, 4.69) is 16.6 Å². The molecule has 0 heterocycles. The van der Waals surface area contributed by atoms with Crippen molar-refractivity contribution >= 4 is 17.5 Å². The zero-order chi connectivity index (χ0) is 19.5. The molecule has 0 bridgehead atoms. The van der Waals surface area contributed by atoms with E-state index in [1.807, 2.05) is 6.92 Å². The lowest BCUT2D eigenvalue weighted by Crippen LogP contribution is -2.26. The lowest BCUT2D eigenvalue weighted by atomic mass is 10.1. The van der Waals surface area contributed by atoms with Gasteiger partial charge in [-0.15, -0.1) is 6.42 Å². The van der Waals surface area contributed by atoms with Gasteiger partial charge in [-0.05, 0) is 42.8 Å². The molecule has 0 saturated carbocycles. The minimum absolute atomic E-state index is 0.113. The van der Waals surface area contributed by atoms with E-state index >= 15 is 0 Å². The summed E-state index contributed by atoms with van der Waals surface area (Å²) in [7, 11) is 0. The smallest absolute Gasteiger partial charge is 0.262 e. The van der Waals surface area contributed by atoms with Crippen LogP contribution < -0.4 is 20.1 Å². The van der Waals surface area contributed by atoms with Gasteiger partial charge in [0.25, 0.3) is 11.8 Å². The second kappa shape index (κ2) is 10.5. The Morgan fingerprint density at radius 1 is 1.04 bits per heavy atom. The van der Waals surface area contributed by atoms with Crippen LogP contribution in [0, 0.1) is 12.3 Å². The number of anilines is 1. The first-order chi connectivity index (χ1) is 13.1. The van der Waals surface area contributed by atoms with Crippen molar-refractivity contribution in [1.82, 2.24) is 5.32 Å². The first-order valence-electron chi connectivity index (χ1n) is 8.60. The molecule has 0 aromatic heterocycles. The zero-order valence-corrected chi connectivity index (χ0v) is 15.2. The number of ether oxygens (including phenoxy) is 2. The molecule has 2 N–H and O–H groups in total. The van der Waals surface area contributed by atoms with Crippen LogP contribution in [0.25, 0.3) is 0 Å². The van der Waals surface area contributed by atoms with Crippen LogP contribution in [0.1, 0.15) is 23.7 Å². The van der Waals surface area contributed by atoms with Crippen molar-refractivity contribution < 1.29 is 19.1 Å². The summed E-state index contributed by atoms with van der Waals surface area (Å²) in [4.78, 5) is 24.2. The fraction of sp³-hybridized carbons (Fsp3) is 0.238. The van der Waals surface area contributed by atoms with Crippen LogP contribution in [0.4, 0.5) is 5.69 Å². The van der Waals surface area contributed by atoms with Crippen molar-refractivity contribution in [3.63, 3.8) is 0 Å². The first-order valence-corrected chi connectivity index (χ1v) is 8.60. The monoisotopic (exact) mass is 366 g/mol. The van der Waals surface area contributed by atoms with Crippen LogP contribution in [0.15, 0.2) is 48.5 Å². The highest BCUT2D eigenvalue weighted by molar-refractivity contribution is 6.04. The molecule has 6 heteroatoms. The van der Waals surface area contributed by atoms with Gasteiger partial charge in [-0.2, -0.15) is 0 Å². The molecule has 27 heavy (non-hydrogen) atoms. The molecule has 0 radical (unpaired) electrons. The van der Waals surface area contributed by atoms with Gasteiger partial charge in [-0.3, -0.25) is 9.59 Å². The lowest BCUT2D eigenvalue weighted by molar-refractivity contribution is -0.118. The van der Waals surface area contributed by atoms with Gasteiger partial charge >= 0.3 is 0 Å². The number of rotatable bonds is 9. The van der Waals surface area contributed by atoms with Crippen molar-refractivity contribution in [2.45, 2.75) is 13.3 Å². The van der Waals surface area contributed by atoms with Crippen LogP contribution in [0.2, 0.25) is 0 Å². The molecule has 2 aromatic carbocycles. The van der Waals surface area contributed by atoms with Crippen LogP contribution in [-0.2, 0) is 4.79 Å². The van der Waals surface area contributed by atoms with E-state index < -0.39 is 0 Å². The number of hydrogen-bond donors (Lipinski definition) is 2. The lowest BCUT2D eigenvalue weighted by Gasteiger charge is -2.11. The molecule has 6 nitrogen and oxygen atoms in total. The van der Waals surface area contributed by atoms with Gasteiger partial charge < -0.3 is 20.1 Å². The molecule has 0 unspecified atom stereocenters. The van der Waals surface area contributed by atoms with E-state index in [4.69, 9.17) is 15.9 Å². The fourth-order valence-electron chi connectivity index (χ4n) is 2.20. The summed E-state index contributed by atoms with van der Waals surface area (Å²) in [5, 5.41) is 5.25. The molecular weight excluding hydrogens is 344 g/mol. The Balaban J connectivity index is 1.91. The number of hydrogen-bond acceptors (Lipinski definition) is 4. The maximum atomic E-state index is 12.2. The number of benzene rings is 2. The fourth-order valence-corrected chi connectivity index (χ4v) is 2.20. The molecule has 2 rings (SSSR count). The molecule has 2 aromatic rings. The van der Waals surface area contributed by atoms with Crippen LogP contribution in [-0.4, -0.2) is 31.6 Å². The summed E-state index contributed by atoms with van der Waals surface area (Å²) in [6.07, 6.45) is 6.07.